The van der Waals surface area contributed by atoms with Gasteiger partial charge in [-0.3, -0.25) is 23.5 Å². The molecule has 0 aliphatic carbocycles. The molecule has 0 unspecified atom stereocenters. The van der Waals surface area contributed by atoms with Gasteiger partial charge in [-0.1, -0.05) is 48.5 Å². The van der Waals surface area contributed by atoms with Crippen LogP contribution in [0.25, 0.3) is 10.9 Å². The van der Waals surface area contributed by atoms with E-state index in [0.29, 0.717) is 29.9 Å². The van der Waals surface area contributed by atoms with Crippen LogP contribution in [0.5, 0.6) is 5.75 Å². The van der Waals surface area contributed by atoms with E-state index in [1.165, 1.54) is 11.7 Å². The van der Waals surface area contributed by atoms with Gasteiger partial charge in [-0.25, -0.2) is 4.79 Å². The summed E-state index contributed by atoms with van der Waals surface area (Å²) in [5, 5.41) is 5.72. The normalized spacial score (nSPS) is 10.7. The molecule has 0 aliphatic heterocycles. The Kier molecular flexibility index (Phi) is 7.60. The monoisotopic (exact) mass is 486 g/mol. The topological polar surface area (TPSA) is 111 Å². The number of methoxy groups -OCH3 is 1. The van der Waals surface area contributed by atoms with Crippen LogP contribution in [0, 0.1) is 0 Å². The lowest BCUT2D eigenvalue weighted by Gasteiger charge is -2.14. The van der Waals surface area contributed by atoms with Gasteiger partial charge in [0.2, 0.25) is 11.8 Å². The minimum Gasteiger partial charge on any atom is -0.497 e. The van der Waals surface area contributed by atoms with Crippen molar-refractivity contribution in [3.8, 4) is 5.75 Å². The van der Waals surface area contributed by atoms with Crippen molar-refractivity contribution in [1.82, 2.24) is 14.5 Å². The van der Waals surface area contributed by atoms with E-state index in [9.17, 15) is 19.2 Å². The van der Waals surface area contributed by atoms with Crippen LogP contribution in [-0.4, -0.2) is 34.6 Å². The number of anilines is 1. The Labute approximate surface area is 207 Å². The van der Waals surface area contributed by atoms with Crippen LogP contribution >= 0.6 is 0 Å². The lowest BCUT2D eigenvalue weighted by Crippen LogP contribution is -2.45. The molecule has 0 bridgehead atoms. The van der Waals surface area contributed by atoms with Crippen LogP contribution < -0.4 is 26.6 Å². The van der Waals surface area contributed by atoms with E-state index >= 15 is 0 Å². The summed E-state index contributed by atoms with van der Waals surface area (Å²) >= 11 is 0. The molecule has 9 heteroatoms. The van der Waals surface area contributed by atoms with Gasteiger partial charge < -0.3 is 15.4 Å². The van der Waals surface area contributed by atoms with Gasteiger partial charge >= 0.3 is 5.69 Å². The number of fused-ring (bicyclic) bond motifs is 1. The first kappa shape index (κ1) is 24.5. The number of aromatic nitrogens is 2. The van der Waals surface area contributed by atoms with Crippen molar-refractivity contribution in [1.29, 1.82) is 0 Å². The highest BCUT2D eigenvalue weighted by atomic mass is 16.5. The van der Waals surface area contributed by atoms with Gasteiger partial charge in [-0.2, -0.15) is 0 Å². The number of para-hydroxylation sites is 1. The first-order valence-electron chi connectivity index (χ1n) is 11.4. The molecular formula is C27H26N4O5. The number of hydrogen-bond acceptors (Lipinski definition) is 5. The molecule has 0 spiro atoms. The smallest absolute Gasteiger partial charge is 0.332 e. The molecular weight excluding hydrogens is 460 g/mol. The third kappa shape index (κ3) is 5.69. The Morgan fingerprint density at radius 2 is 1.56 bits per heavy atom. The first-order valence-corrected chi connectivity index (χ1v) is 11.4. The zero-order valence-electron chi connectivity index (χ0n) is 19.8. The molecule has 36 heavy (non-hydrogen) atoms. The van der Waals surface area contributed by atoms with Gasteiger partial charge in [0.05, 0.1) is 18.0 Å². The number of carbonyl (C=O) groups excluding carboxylic acids is 2. The molecule has 0 fully saturated rings. The number of benzene rings is 3. The summed E-state index contributed by atoms with van der Waals surface area (Å²) in [4.78, 5) is 51.7. The summed E-state index contributed by atoms with van der Waals surface area (Å²) in [6.45, 7) is -0.427. The molecule has 2 N–H and O–H groups in total. The summed E-state index contributed by atoms with van der Waals surface area (Å²) < 4.78 is 7.23. The fraction of sp³-hybridized carbons (Fsp3) is 0.185. The van der Waals surface area contributed by atoms with E-state index in [1.54, 1.807) is 48.5 Å². The molecule has 4 aromatic rings. The zero-order valence-corrected chi connectivity index (χ0v) is 19.8. The van der Waals surface area contributed by atoms with Crippen molar-refractivity contribution in [2.24, 2.45) is 0 Å². The van der Waals surface area contributed by atoms with Gasteiger partial charge in [0, 0.05) is 18.3 Å². The number of amides is 2. The highest BCUT2D eigenvalue weighted by Crippen LogP contribution is 2.17. The molecule has 2 amide bonds. The molecule has 1 aromatic heterocycles. The number of hydrogen-bond donors (Lipinski definition) is 2. The van der Waals surface area contributed by atoms with E-state index in [-0.39, 0.29) is 11.9 Å². The fourth-order valence-electron chi connectivity index (χ4n) is 3.90. The molecule has 9 nitrogen and oxygen atoms in total. The van der Waals surface area contributed by atoms with Crippen LogP contribution in [0.15, 0.2) is 88.5 Å². The van der Waals surface area contributed by atoms with Crippen LogP contribution in [0.1, 0.15) is 5.56 Å². The Hall–Kier alpha value is -4.66. The van der Waals surface area contributed by atoms with Crippen LogP contribution in [0.2, 0.25) is 0 Å². The summed E-state index contributed by atoms with van der Waals surface area (Å²) in [7, 11) is 1.52. The second-order valence-electron chi connectivity index (χ2n) is 8.14. The maximum atomic E-state index is 13.3. The van der Waals surface area contributed by atoms with E-state index in [1.807, 2.05) is 30.3 Å². The van der Waals surface area contributed by atoms with Crippen molar-refractivity contribution < 1.29 is 14.3 Å². The molecule has 0 radical (unpaired) electrons. The van der Waals surface area contributed by atoms with E-state index in [0.717, 1.165) is 10.1 Å². The van der Waals surface area contributed by atoms with E-state index < -0.39 is 29.6 Å². The molecule has 184 valence electrons. The van der Waals surface area contributed by atoms with Crippen LogP contribution in [-0.2, 0) is 29.1 Å². The predicted octanol–water partition coefficient (Wildman–Crippen LogP) is 2.17. The minimum atomic E-state index is -0.738. The van der Waals surface area contributed by atoms with Crippen LogP contribution in [0.3, 0.4) is 0 Å². The Balaban J connectivity index is 1.55. The van der Waals surface area contributed by atoms with E-state index in [4.69, 9.17) is 4.74 Å². The minimum absolute atomic E-state index is 0.239. The van der Waals surface area contributed by atoms with Gasteiger partial charge in [-0.05, 0) is 36.2 Å². The number of nitrogens with zero attached hydrogens (tertiary/aromatic N) is 2. The molecule has 1 heterocycles. The van der Waals surface area contributed by atoms with Crippen LogP contribution in [0.4, 0.5) is 5.69 Å². The van der Waals surface area contributed by atoms with Crippen molar-refractivity contribution >= 4 is 28.4 Å². The molecule has 3 aromatic carbocycles. The van der Waals surface area contributed by atoms with Crippen molar-refractivity contribution in [3.63, 3.8) is 0 Å². The zero-order chi connectivity index (χ0) is 25.5. The van der Waals surface area contributed by atoms with E-state index in [2.05, 4.69) is 10.6 Å². The number of carbonyl (C=O) groups is 2. The van der Waals surface area contributed by atoms with Crippen molar-refractivity contribution in [2.45, 2.75) is 19.5 Å². The predicted molar refractivity (Wildman–Crippen MR) is 137 cm³/mol. The molecule has 0 saturated carbocycles. The Morgan fingerprint density at radius 1 is 0.833 bits per heavy atom. The first-order chi connectivity index (χ1) is 17.5. The van der Waals surface area contributed by atoms with Gasteiger partial charge in [0.15, 0.2) is 0 Å². The van der Waals surface area contributed by atoms with Gasteiger partial charge in [-0.15, -0.1) is 0 Å². The summed E-state index contributed by atoms with van der Waals surface area (Å²) in [5.41, 5.74) is 0.554. The summed E-state index contributed by atoms with van der Waals surface area (Å²) in [5.74, 6) is -0.358. The number of nitrogens with one attached hydrogen (secondary N) is 2. The SMILES string of the molecule is COc1cccc(NC(=O)Cn2c(=O)n(CC(=O)NCCc3ccccc3)c(=O)c3ccccc32)c1. The molecule has 4 rings (SSSR count). The third-order valence-electron chi connectivity index (χ3n) is 5.67. The number of ether oxygens (including phenoxy) is 1. The molecule has 0 saturated heterocycles. The van der Waals surface area contributed by atoms with Gasteiger partial charge in [0.1, 0.15) is 18.8 Å². The highest BCUT2D eigenvalue weighted by molar-refractivity contribution is 5.92. The lowest BCUT2D eigenvalue weighted by molar-refractivity contribution is -0.121. The standard InChI is InChI=1S/C27H26N4O5/c1-36-21-11-7-10-20(16-21)29-25(33)18-30-23-13-6-5-12-22(23)26(34)31(27(30)35)17-24(32)28-15-14-19-8-3-2-4-9-19/h2-13,16H,14-15,17-18H2,1H3,(H,28,32)(H,29,33). The highest BCUT2D eigenvalue weighted by Gasteiger charge is 2.17. The number of rotatable bonds is 9. The van der Waals surface area contributed by atoms with Gasteiger partial charge in [0.25, 0.3) is 5.56 Å². The largest absolute Gasteiger partial charge is 0.497 e. The summed E-state index contributed by atoms with van der Waals surface area (Å²) in [6, 6.07) is 23.0. The maximum Gasteiger partial charge on any atom is 0.332 e. The second kappa shape index (κ2) is 11.2. The quantitative estimate of drug-likeness (QED) is 0.377. The Bertz CT molecular complexity index is 1510. The van der Waals surface area contributed by atoms with Crippen molar-refractivity contribution in [3.05, 3.63) is 105 Å². The average Bonchev–Trinajstić information content (AvgIpc) is 2.90. The Morgan fingerprint density at radius 3 is 2.33 bits per heavy atom. The third-order valence-corrected chi connectivity index (χ3v) is 5.67. The summed E-state index contributed by atoms with van der Waals surface area (Å²) in [6.07, 6.45) is 0.619. The molecule has 0 aliphatic rings. The maximum absolute atomic E-state index is 13.3. The van der Waals surface area contributed by atoms with Crippen molar-refractivity contribution in [2.75, 3.05) is 19.0 Å². The lowest BCUT2D eigenvalue weighted by atomic mass is 10.1. The average molecular weight is 487 g/mol. The molecule has 0 atom stereocenters. The second-order valence-corrected chi connectivity index (χ2v) is 8.14. The fourth-order valence-corrected chi connectivity index (χ4v) is 3.90.